The Morgan fingerprint density at radius 2 is 2.15 bits per heavy atom. The fraction of sp³-hybridized carbons (Fsp3) is 0.462. The number of anilines is 1. The Morgan fingerprint density at radius 3 is 2.75 bits per heavy atom. The molecule has 7 heteroatoms. The first-order valence-corrected chi connectivity index (χ1v) is 6.32. The summed E-state index contributed by atoms with van der Waals surface area (Å²) in [5.74, 6) is 0.313. The van der Waals surface area contributed by atoms with E-state index in [1.54, 1.807) is 26.8 Å². The van der Waals surface area contributed by atoms with Gasteiger partial charge in [0.05, 0.1) is 23.9 Å². The maximum Gasteiger partial charge on any atom is 0.437 e. The molecule has 0 bridgehead atoms. The molecule has 2 rings (SSSR count). The molecule has 0 aliphatic carbocycles. The van der Waals surface area contributed by atoms with Crippen LogP contribution in [0.15, 0.2) is 12.3 Å². The number of aromatic nitrogens is 3. The van der Waals surface area contributed by atoms with Gasteiger partial charge >= 0.3 is 6.09 Å². The molecule has 0 saturated carbocycles. The van der Waals surface area contributed by atoms with Crippen LogP contribution in [0, 0.1) is 0 Å². The van der Waals surface area contributed by atoms with E-state index >= 15 is 0 Å². The van der Waals surface area contributed by atoms with Gasteiger partial charge in [0, 0.05) is 0 Å². The first-order chi connectivity index (χ1) is 9.31. The van der Waals surface area contributed by atoms with Crippen molar-refractivity contribution in [3.63, 3.8) is 0 Å². The molecular weight excluding hydrogens is 260 g/mol. The van der Waals surface area contributed by atoms with E-state index < -0.39 is 11.7 Å². The van der Waals surface area contributed by atoms with Crippen molar-refractivity contribution in [3.05, 3.63) is 12.3 Å². The Morgan fingerprint density at radius 1 is 1.45 bits per heavy atom. The van der Waals surface area contributed by atoms with Gasteiger partial charge in [-0.1, -0.05) is 0 Å². The highest BCUT2D eigenvalue weighted by atomic mass is 16.6. The molecule has 0 amide bonds. The molecule has 0 atom stereocenters. The number of carbonyl (C=O) groups excluding carboxylic acids is 1. The van der Waals surface area contributed by atoms with Crippen molar-refractivity contribution >= 4 is 22.8 Å². The van der Waals surface area contributed by atoms with E-state index in [0.717, 1.165) is 4.68 Å². The van der Waals surface area contributed by atoms with Crippen molar-refractivity contribution in [1.82, 2.24) is 14.8 Å². The second kappa shape index (κ2) is 4.99. The molecule has 0 aromatic carbocycles. The molecule has 0 unspecified atom stereocenters. The molecule has 0 aliphatic rings. The first kappa shape index (κ1) is 14.1. The minimum Gasteiger partial charge on any atom is -0.476 e. The molecular formula is C13H18N4O3. The largest absolute Gasteiger partial charge is 0.476 e. The summed E-state index contributed by atoms with van der Waals surface area (Å²) < 4.78 is 11.8. The fourth-order valence-corrected chi connectivity index (χ4v) is 1.67. The number of nitrogens with zero attached hydrogens (tertiary/aromatic N) is 3. The number of hydrogen-bond acceptors (Lipinski definition) is 6. The SMILES string of the molecule is CCOc1nn(C(=O)OC(C)(C)C)c2ncc(N)cc12. The number of nitrogen functional groups attached to an aromatic ring is 1. The van der Waals surface area contributed by atoms with Crippen molar-refractivity contribution in [1.29, 1.82) is 0 Å². The lowest BCUT2D eigenvalue weighted by Gasteiger charge is -2.18. The predicted molar refractivity (Wildman–Crippen MR) is 74.7 cm³/mol. The molecule has 7 nitrogen and oxygen atoms in total. The van der Waals surface area contributed by atoms with Crippen LogP contribution in [-0.4, -0.2) is 33.1 Å². The van der Waals surface area contributed by atoms with Crippen LogP contribution in [0.1, 0.15) is 27.7 Å². The molecule has 2 N–H and O–H groups in total. The van der Waals surface area contributed by atoms with E-state index in [4.69, 9.17) is 15.2 Å². The molecule has 2 heterocycles. The summed E-state index contributed by atoms with van der Waals surface area (Å²) in [6, 6.07) is 1.67. The minimum atomic E-state index is -0.616. The summed E-state index contributed by atoms with van der Waals surface area (Å²) in [6.07, 6.45) is 0.853. The second-order valence-electron chi connectivity index (χ2n) is 5.27. The van der Waals surface area contributed by atoms with E-state index in [1.807, 2.05) is 6.92 Å². The van der Waals surface area contributed by atoms with Gasteiger partial charge in [0.15, 0.2) is 5.65 Å². The van der Waals surface area contributed by atoms with Gasteiger partial charge in [0.2, 0.25) is 5.88 Å². The van der Waals surface area contributed by atoms with Gasteiger partial charge < -0.3 is 15.2 Å². The van der Waals surface area contributed by atoms with Crippen LogP contribution >= 0.6 is 0 Å². The number of rotatable bonds is 2. The van der Waals surface area contributed by atoms with Crippen LogP contribution in [-0.2, 0) is 4.74 Å². The molecule has 0 spiro atoms. The molecule has 0 aliphatic heterocycles. The maximum absolute atomic E-state index is 12.1. The summed E-state index contributed by atoms with van der Waals surface area (Å²) in [7, 11) is 0. The highest BCUT2D eigenvalue weighted by Crippen LogP contribution is 2.25. The van der Waals surface area contributed by atoms with Gasteiger partial charge in [-0.05, 0) is 33.8 Å². The number of nitrogens with two attached hydrogens (primary N) is 1. The zero-order valence-corrected chi connectivity index (χ0v) is 12.0. The fourth-order valence-electron chi connectivity index (χ4n) is 1.67. The van der Waals surface area contributed by atoms with Crippen LogP contribution in [0.4, 0.5) is 10.5 Å². The number of pyridine rings is 1. The Balaban J connectivity index is 2.51. The van der Waals surface area contributed by atoms with Gasteiger partial charge in [-0.25, -0.2) is 9.78 Å². The van der Waals surface area contributed by atoms with Crippen LogP contribution in [0.5, 0.6) is 5.88 Å². The van der Waals surface area contributed by atoms with Crippen molar-refractivity contribution in [2.24, 2.45) is 0 Å². The summed E-state index contributed by atoms with van der Waals surface area (Å²) >= 11 is 0. The highest BCUT2D eigenvalue weighted by Gasteiger charge is 2.23. The van der Waals surface area contributed by atoms with Gasteiger partial charge in [0.1, 0.15) is 5.60 Å². The van der Waals surface area contributed by atoms with E-state index in [-0.39, 0.29) is 0 Å². The smallest absolute Gasteiger partial charge is 0.437 e. The Labute approximate surface area is 116 Å². The minimum absolute atomic E-state index is 0.313. The molecule has 20 heavy (non-hydrogen) atoms. The number of carbonyl (C=O) groups is 1. The van der Waals surface area contributed by atoms with Gasteiger partial charge in [-0.2, -0.15) is 0 Å². The summed E-state index contributed by atoms with van der Waals surface area (Å²) in [4.78, 5) is 16.3. The van der Waals surface area contributed by atoms with Crippen LogP contribution in [0.25, 0.3) is 11.0 Å². The average molecular weight is 278 g/mol. The summed E-state index contributed by atoms with van der Waals surface area (Å²) in [6.45, 7) is 7.61. The lowest BCUT2D eigenvalue weighted by Crippen LogP contribution is -2.27. The monoisotopic (exact) mass is 278 g/mol. The molecule has 0 radical (unpaired) electrons. The van der Waals surface area contributed by atoms with Crippen LogP contribution < -0.4 is 10.5 Å². The van der Waals surface area contributed by atoms with Gasteiger partial charge in [-0.15, -0.1) is 9.78 Å². The van der Waals surface area contributed by atoms with Crippen LogP contribution in [0.3, 0.4) is 0 Å². The summed E-state index contributed by atoms with van der Waals surface area (Å²) in [5, 5.41) is 4.69. The van der Waals surface area contributed by atoms with E-state index in [2.05, 4.69) is 10.1 Å². The Bertz CT molecular complexity index is 643. The second-order valence-corrected chi connectivity index (χ2v) is 5.27. The zero-order valence-electron chi connectivity index (χ0n) is 12.0. The Kier molecular flexibility index (Phi) is 3.52. The van der Waals surface area contributed by atoms with Crippen molar-refractivity contribution in [2.45, 2.75) is 33.3 Å². The third-order valence-electron chi connectivity index (χ3n) is 2.36. The molecule has 0 saturated heterocycles. The third kappa shape index (κ3) is 2.81. The van der Waals surface area contributed by atoms with Crippen molar-refractivity contribution in [2.75, 3.05) is 12.3 Å². The third-order valence-corrected chi connectivity index (χ3v) is 2.36. The standard InChI is InChI=1S/C13H18N4O3/c1-5-19-11-9-6-8(14)7-15-10(9)17(16-11)12(18)20-13(2,3)4/h6-7H,5,14H2,1-4H3. The summed E-state index contributed by atoms with van der Waals surface area (Å²) in [5.41, 5.74) is 5.92. The van der Waals surface area contributed by atoms with E-state index in [0.29, 0.717) is 29.2 Å². The molecule has 108 valence electrons. The highest BCUT2D eigenvalue weighted by molar-refractivity contribution is 5.90. The number of hydrogen-bond donors (Lipinski definition) is 1. The van der Waals surface area contributed by atoms with Crippen LogP contribution in [0.2, 0.25) is 0 Å². The number of fused-ring (bicyclic) bond motifs is 1. The molecule has 2 aromatic rings. The topological polar surface area (TPSA) is 92.3 Å². The van der Waals surface area contributed by atoms with E-state index in [9.17, 15) is 4.79 Å². The van der Waals surface area contributed by atoms with Gasteiger partial charge in [0.25, 0.3) is 0 Å². The molecule has 0 fully saturated rings. The zero-order chi connectivity index (χ0) is 14.9. The normalized spacial score (nSPS) is 11.6. The maximum atomic E-state index is 12.1. The quantitative estimate of drug-likeness (QED) is 0.905. The van der Waals surface area contributed by atoms with Gasteiger partial charge in [-0.3, -0.25) is 0 Å². The van der Waals surface area contributed by atoms with E-state index in [1.165, 1.54) is 6.20 Å². The first-order valence-electron chi connectivity index (χ1n) is 6.32. The molecule has 2 aromatic heterocycles. The Hall–Kier alpha value is -2.31. The predicted octanol–water partition coefficient (Wildman–Crippen LogP) is 2.20. The number of ether oxygens (including phenoxy) is 2. The average Bonchev–Trinajstić information content (AvgIpc) is 2.66. The van der Waals surface area contributed by atoms with Crippen molar-refractivity contribution in [3.8, 4) is 5.88 Å². The lowest BCUT2D eigenvalue weighted by molar-refractivity contribution is 0.0519. The van der Waals surface area contributed by atoms with Crippen molar-refractivity contribution < 1.29 is 14.3 Å². The lowest BCUT2D eigenvalue weighted by atomic mass is 10.2.